The quantitative estimate of drug-likeness (QED) is 0.656. The lowest BCUT2D eigenvalue weighted by Crippen LogP contribution is -2.14. The summed E-state index contributed by atoms with van der Waals surface area (Å²) in [7, 11) is 2.03. The summed E-state index contributed by atoms with van der Waals surface area (Å²) < 4.78 is 2.10. The van der Waals surface area contributed by atoms with Gasteiger partial charge in [0.15, 0.2) is 4.80 Å². The van der Waals surface area contributed by atoms with E-state index in [2.05, 4.69) is 28.8 Å². The second-order valence-electron chi connectivity index (χ2n) is 3.29. The van der Waals surface area contributed by atoms with Gasteiger partial charge in [-0.05, 0) is 12.8 Å². The molecular weight excluding hydrogens is 200 g/mol. The molecule has 1 aromatic rings. The number of thiazole rings is 1. The third-order valence-corrected chi connectivity index (χ3v) is 2.83. The normalized spacial score (nSPS) is 12.5. The largest absolute Gasteiger partial charge is 0.324 e. The van der Waals surface area contributed by atoms with E-state index in [0.29, 0.717) is 10.9 Å². The van der Waals surface area contributed by atoms with Crippen LogP contribution in [0.2, 0.25) is 0 Å². The van der Waals surface area contributed by atoms with Gasteiger partial charge in [-0.2, -0.15) is 0 Å². The van der Waals surface area contributed by atoms with Crippen LogP contribution in [-0.4, -0.2) is 9.56 Å². The van der Waals surface area contributed by atoms with Crippen molar-refractivity contribution in [2.75, 3.05) is 0 Å². The van der Waals surface area contributed by atoms with E-state index in [1.54, 1.807) is 11.3 Å². The summed E-state index contributed by atoms with van der Waals surface area (Å²) in [5.74, 6) is 0.538. The van der Waals surface area contributed by atoms with Gasteiger partial charge < -0.3 is 4.57 Å². The van der Waals surface area contributed by atoms with E-state index >= 15 is 0 Å². The summed E-state index contributed by atoms with van der Waals surface area (Å²) in [4.78, 5) is 5.95. The highest BCUT2D eigenvalue weighted by Gasteiger charge is 2.04. The van der Waals surface area contributed by atoms with Crippen LogP contribution in [0.25, 0.3) is 0 Å². The second kappa shape index (κ2) is 4.15. The van der Waals surface area contributed by atoms with Crippen LogP contribution in [0.3, 0.4) is 0 Å². The zero-order valence-electron chi connectivity index (χ0n) is 8.37. The molecule has 0 radical (unpaired) electrons. The Morgan fingerprint density at radius 3 is 2.62 bits per heavy atom. The van der Waals surface area contributed by atoms with Crippen LogP contribution in [0.5, 0.6) is 0 Å². The van der Waals surface area contributed by atoms with Gasteiger partial charge in [-0.15, -0.1) is 11.3 Å². The first kappa shape index (κ1) is 10.6. The van der Waals surface area contributed by atoms with Crippen molar-refractivity contribution in [3.8, 4) is 0 Å². The second-order valence-corrected chi connectivity index (χ2v) is 4.72. The summed E-state index contributed by atoms with van der Waals surface area (Å²) in [5.41, 5.74) is 1.31. The molecule has 0 amide bonds. The molecule has 0 spiro atoms. The highest BCUT2D eigenvalue weighted by Crippen LogP contribution is 2.13. The van der Waals surface area contributed by atoms with Gasteiger partial charge in [-0.1, -0.05) is 26.1 Å². The molecule has 0 unspecified atom stereocenters. The Hall–Kier alpha value is -0.480. The smallest absolute Gasteiger partial charge is 0.190 e. The molecule has 72 valence electrons. The molecule has 1 rings (SSSR count). The number of hydrogen-bond donors (Lipinski definition) is 0. The summed E-state index contributed by atoms with van der Waals surface area (Å²) in [6.45, 7) is 6.19. The average Bonchev–Trinajstić information content (AvgIpc) is 2.32. The molecule has 4 heteroatoms. The maximum atomic E-state index is 4.94. The van der Waals surface area contributed by atoms with E-state index < -0.39 is 0 Å². The predicted octanol–water partition coefficient (Wildman–Crippen LogP) is 2.46. The lowest BCUT2D eigenvalue weighted by molar-refractivity contribution is 0.722. The van der Waals surface area contributed by atoms with Crippen LogP contribution >= 0.6 is 23.6 Å². The van der Waals surface area contributed by atoms with Crippen LogP contribution in [0.1, 0.15) is 32.4 Å². The van der Waals surface area contributed by atoms with E-state index in [1.165, 1.54) is 5.69 Å². The molecule has 0 aromatic carbocycles. The topological polar surface area (TPSA) is 17.3 Å². The van der Waals surface area contributed by atoms with Gasteiger partial charge in [0.05, 0.1) is 0 Å². The molecule has 0 saturated heterocycles. The van der Waals surface area contributed by atoms with Crippen molar-refractivity contribution in [1.29, 1.82) is 0 Å². The van der Waals surface area contributed by atoms with Crippen molar-refractivity contribution in [1.82, 2.24) is 4.57 Å². The summed E-state index contributed by atoms with van der Waals surface area (Å²) in [6.07, 6.45) is 0. The minimum atomic E-state index is 0.538. The molecule has 2 nitrogen and oxygen atoms in total. The zero-order chi connectivity index (χ0) is 10.0. The van der Waals surface area contributed by atoms with Crippen LogP contribution < -0.4 is 4.80 Å². The van der Waals surface area contributed by atoms with Crippen LogP contribution in [0.4, 0.5) is 0 Å². The van der Waals surface area contributed by atoms with Gasteiger partial charge in [0.1, 0.15) is 4.99 Å². The standard InChI is InChI=1S/C9H14N2S2/c1-6(2)8-5-13-9(11(8)4)10-7(3)12/h5-6H,1-4H3. The number of aromatic nitrogens is 1. The van der Waals surface area contributed by atoms with Gasteiger partial charge in [-0.25, -0.2) is 4.99 Å². The van der Waals surface area contributed by atoms with Gasteiger partial charge in [0.2, 0.25) is 0 Å². The number of hydrogen-bond acceptors (Lipinski definition) is 2. The first-order valence-corrected chi connectivity index (χ1v) is 5.51. The first-order valence-electron chi connectivity index (χ1n) is 4.22. The summed E-state index contributed by atoms with van der Waals surface area (Å²) in [5, 5.41) is 2.14. The molecule has 1 aromatic heterocycles. The highest BCUT2D eigenvalue weighted by molar-refractivity contribution is 7.80. The molecule has 0 bridgehead atoms. The number of thiocarbonyl (C=S) groups is 1. The van der Waals surface area contributed by atoms with E-state index in [1.807, 2.05) is 14.0 Å². The minimum absolute atomic E-state index is 0.538. The van der Waals surface area contributed by atoms with Crippen molar-refractivity contribution in [3.05, 3.63) is 15.9 Å². The van der Waals surface area contributed by atoms with Crippen molar-refractivity contribution in [2.24, 2.45) is 12.0 Å². The lowest BCUT2D eigenvalue weighted by atomic mass is 10.2. The van der Waals surface area contributed by atoms with E-state index in [4.69, 9.17) is 12.2 Å². The summed E-state index contributed by atoms with van der Waals surface area (Å²) in [6, 6.07) is 0. The fourth-order valence-electron chi connectivity index (χ4n) is 1.14. The Labute approximate surface area is 87.9 Å². The van der Waals surface area contributed by atoms with Crippen LogP contribution in [0, 0.1) is 0 Å². The molecule has 1 heterocycles. The minimum Gasteiger partial charge on any atom is -0.324 e. The molecule has 0 atom stereocenters. The zero-order valence-corrected chi connectivity index (χ0v) is 10.00. The molecule has 0 N–H and O–H groups in total. The Kier molecular flexibility index (Phi) is 3.39. The van der Waals surface area contributed by atoms with Crippen molar-refractivity contribution in [3.63, 3.8) is 0 Å². The maximum Gasteiger partial charge on any atom is 0.190 e. The molecule has 13 heavy (non-hydrogen) atoms. The average molecular weight is 214 g/mol. The highest BCUT2D eigenvalue weighted by atomic mass is 32.1. The molecule has 0 fully saturated rings. The first-order chi connectivity index (χ1) is 6.02. The van der Waals surface area contributed by atoms with Crippen LogP contribution in [-0.2, 0) is 7.05 Å². The van der Waals surface area contributed by atoms with Crippen molar-refractivity contribution < 1.29 is 0 Å². The number of nitrogens with zero attached hydrogens (tertiary/aromatic N) is 2. The molecule has 0 aliphatic rings. The van der Waals surface area contributed by atoms with Gasteiger partial charge in [-0.3, -0.25) is 0 Å². The van der Waals surface area contributed by atoms with Gasteiger partial charge in [0, 0.05) is 18.1 Å². The molecule has 0 saturated carbocycles. The lowest BCUT2D eigenvalue weighted by Gasteiger charge is -2.04. The molecular formula is C9H14N2S2. The molecule has 0 aliphatic heterocycles. The Bertz CT molecular complexity index is 371. The third kappa shape index (κ3) is 2.48. The van der Waals surface area contributed by atoms with Crippen LogP contribution in [0.15, 0.2) is 10.4 Å². The van der Waals surface area contributed by atoms with E-state index in [0.717, 1.165) is 4.80 Å². The Morgan fingerprint density at radius 2 is 2.23 bits per heavy atom. The Morgan fingerprint density at radius 1 is 1.62 bits per heavy atom. The van der Waals surface area contributed by atoms with Crippen molar-refractivity contribution in [2.45, 2.75) is 26.7 Å². The Balaban J connectivity index is 3.21. The van der Waals surface area contributed by atoms with Gasteiger partial charge >= 0.3 is 0 Å². The number of rotatable bonds is 1. The third-order valence-electron chi connectivity index (χ3n) is 1.80. The monoisotopic (exact) mass is 214 g/mol. The fourth-order valence-corrected chi connectivity index (χ4v) is 2.39. The molecule has 0 aliphatic carbocycles. The SMILES string of the molecule is CC(=S)N=c1scc(C(C)C)n1C. The summed E-state index contributed by atoms with van der Waals surface area (Å²) >= 11 is 6.58. The van der Waals surface area contributed by atoms with E-state index in [9.17, 15) is 0 Å². The van der Waals surface area contributed by atoms with Gasteiger partial charge in [0.25, 0.3) is 0 Å². The van der Waals surface area contributed by atoms with E-state index in [-0.39, 0.29) is 0 Å². The maximum absolute atomic E-state index is 4.94. The van der Waals surface area contributed by atoms with Crippen molar-refractivity contribution >= 4 is 28.5 Å². The fraction of sp³-hybridized carbons (Fsp3) is 0.556. The predicted molar refractivity (Wildman–Crippen MR) is 61.2 cm³/mol.